The van der Waals surface area contributed by atoms with Crippen molar-refractivity contribution in [3.63, 3.8) is 0 Å². The van der Waals surface area contributed by atoms with Crippen LogP contribution in [0.25, 0.3) is 0 Å². The van der Waals surface area contributed by atoms with Crippen molar-refractivity contribution in [2.75, 3.05) is 18.1 Å². The number of halogens is 1. The van der Waals surface area contributed by atoms with Gasteiger partial charge in [0.25, 0.3) is 5.69 Å². The van der Waals surface area contributed by atoms with Gasteiger partial charge in [0.2, 0.25) is 0 Å². The van der Waals surface area contributed by atoms with Crippen LogP contribution in [0, 0.1) is 10.1 Å². The van der Waals surface area contributed by atoms with Gasteiger partial charge in [-0.2, -0.15) is 0 Å². The van der Waals surface area contributed by atoms with Gasteiger partial charge in [0.1, 0.15) is 5.69 Å². The van der Waals surface area contributed by atoms with Gasteiger partial charge in [0.05, 0.1) is 9.67 Å². The number of benzene rings is 1. The van der Waals surface area contributed by atoms with Crippen molar-refractivity contribution in [3.05, 3.63) is 32.8 Å². The zero-order valence-corrected chi connectivity index (χ0v) is 13.2. The van der Waals surface area contributed by atoms with E-state index in [9.17, 15) is 18.5 Å². The van der Waals surface area contributed by atoms with E-state index in [-0.39, 0.29) is 17.9 Å². The first-order chi connectivity index (χ1) is 8.54. The van der Waals surface area contributed by atoms with E-state index in [0.29, 0.717) is 4.47 Å². The minimum atomic E-state index is -3.26. The summed E-state index contributed by atoms with van der Waals surface area (Å²) in [5.41, 5.74) is 0.198. The van der Waals surface area contributed by atoms with Crippen molar-refractivity contribution in [2.24, 2.45) is 0 Å². The molecular weight excluding hydrogens is 336 g/mol. The molecule has 106 valence electrons. The highest BCUT2D eigenvalue weighted by atomic mass is 79.9. The molecule has 0 fully saturated rings. The molecule has 0 aliphatic carbocycles. The van der Waals surface area contributed by atoms with Gasteiger partial charge in [-0.3, -0.25) is 10.1 Å². The molecule has 0 heterocycles. The molecule has 0 aromatic heterocycles. The zero-order chi connectivity index (χ0) is 14.8. The summed E-state index contributed by atoms with van der Waals surface area (Å²) in [6.45, 7) is 3.22. The van der Waals surface area contributed by atoms with Gasteiger partial charge >= 0.3 is 0 Å². The summed E-state index contributed by atoms with van der Waals surface area (Å²) in [6, 6.07) is 4.47. The fraction of sp³-hybridized carbons (Fsp3) is 0.455. The number of nitro groups is 1. The number of nitrogens with one attached hydrogen (secondary N) is 1. The molecule has 0 bridgehead atoms. The van der Waals surface area contributed by atoms with Gasteiger partial charge in [0, 0.05) is 23.3 Å². The Bertz CT molecular complexity index is 599. The Morgan fingerprint density at radius 3 is 2.47 bits per heavy atom. The quantitative estimate of drug-likeness (QED) is 0.651. The number of nitro benzene ring substituents is 1. The Kier molecular flexibility index (Phi) is 4.57. The molecule has 0 radical (unpaired) electrons. The first-order valence-electron chi connectivity index (χ1n) is 5.42. The molecule has 1 aromatic carbocycles. The van der Waals surface area contributed by atoms with Crippen LogP contribution in [-0.2, 0) is 9.84 Å². The van der Waals surface area contributed by atoms with Crippen molar-refractivity contribution in [1.29, 1.82) is 0 Å². The molecule has 1 N–H and O–H groups in total. The average Bonchev–Trinajstić information content (AvgIpc) is 2.24. The molecule has 0 saturated heterocycles. The molecule has 0 saturated carbocycles. The maximum atomic E-state index is 11.6. The fourth-order valence-corrected chi connectivity index (χ4v) is 1.94. The summed E-state index contributed by atoms with van der Waals surface area (Å²) < 4.78 is 22.8. The number of nitrogens with zero attached hydrogens (tertiary/aromatic N) is 1. The van der Waals surface area contributed by atoms with Crippen LogP contribution >= 0.6 is 15.9 Å². The highest BCUT2D eigenvalue weighted by molar-refractivity contribution is 9.10. The fourth-order valence-electron chi connectivity index (χ4n) is 1.25. The molecule has 0 aliphatic rings. The van der Waals surface area contributed by atoms with Gasteiger partial charge < -0.3 is 5.32 Å². The van der Waals surface area contributed by atoms with Crippen LogP contribution in [0.5, 0.6) is 0 Å². The van der Waals surface area contributed by atoms with Crippen LogP contribution in [0.3, 0.4) is 0 Å². The van der Waals surface area contributed by atoms with E-state index in [4.69, 9.17) is 0 Å². The van der Waals surface area contributed by atoms with Gasteiger partial charge in [-0.15, -0.1) is 0 Å². The number of sulfone groups is 1. The van der Waals surface area contributed by atoms with E-state index in [1.165, 1.54) is 6.07 Å². The van der Waals surface area contributed by atoms with Crippen molar-refractivity contribution in [1.82, 2.24) is 0 Å². The summed E-state index contributed by atoms with van der Waals surface area (Å²) in [7, 11) is -3.26. The SMILES string of the molecule is CC(C)(CNc1cc(Br)ccc1[N+](=O)[O-])S(C)(=O)=O. The van der Waals surface area contributed by atoms with E-state index in [1.54, 1.807) is 26.0 Å². The summed E-state index contributed by atoms with van der Waals surface area (Å²) in [4.78, 5) is 10.4. The van der Waals surface area contributed by atoms with Crippen LogP contribution < -0.4 is 5.32 Å². The summed E-state index contributed by atoms with van der Waals surface area (Å²) >= 11 is 3.22. The van der Waals surface area contributed by atoms with E-state index in [1.807, 2.05) is 0 Å². The van der Waals surface area contributed by atoms with Crippen LogP contribution in [0.2, 0.25) is 0 Å². The zero-order valence-electron chi connectivity index (χ0n) is 10.8. The van der Waals surface area contributed by atoms with Crippen molar-refractivity contribution in [3.8, 4) is 0 Å². The molecule has 0 amide bonds. The van der Waals surface area contributed by atoms with Crippen LogP contribution in [0.15, 0.2) is 22.7 Å². The third kappa shape index (κ3) is 3.90. The lowest BCUT2D eigenvalue weighted by atomic mass is 10.2. The van der Waals surface area contributed by atoms with Crippen LogP contribution in [-0.4, -0.2) is 30.9 Å². The Morgan fingerprint density at radius 1 is 1.42 bits per heavy atom. The second-order valence-electron chi connectivity index (χ2n) is 4.80. The predicted molar refractivity (Wildman–Crippen MR) is 78.2 cm³/mol. The lowest BCUT2D eigenvalue weighted by Crippen LogP contribution is -2.38. The van der Waals surface area contributed by atoms with Gasteiger partial charge in [-0.05, 0) is 26.0 Å². The normalized spacial score (nSPS) is 12.2. The number of anilines is 1. The lowest BCUT2D eigenvalue weighted by molar-refractivity contribution is -0.384. The molecule has 0 spiro atoms. The molecular formula is C11H15BrN2O4S. The van der Waals surface area contributed by atoms with E-state index in [0.717, 1.165) is 6.26 Å². The molecule has 19 heavy (non-hydrogen) atoms. The highest BCUT2D eigenvalue weighted by Gasteiger charge is 2.30. The molecule has 0 aliphatic heterocycles. The van der Waals surface area contributed by atoms with Crippen molar-refractivity contribution < 1.29 is 13.3 Å². The average molecular weight is 351 g/mol. The van der Waals surface area contributed by atoms with Crippen LogP contribution in [0.4, 0.5) is 11.4 Å². The minimum absolute atomic E-state index is 0.0864. The predicted octanol–water partition coefficient (Wildman–Crippen LogP) is 2.59. The van der Waals surface area contributed by atoms with Gasteiger partial charge in [-0.25, -0.2) is 8.42 Å². The van der Waals surface area contributed by atoms with E-state index in [2.05, 4.69) is 21.2 Å². The number of rotatable bonds is 5. The Hall–Kier alpha value is -1.15. The topological polar surface area (TPSA) is 89.3 Å². The summed E-state index contributed by atoms with van der Waals surface area (Å²) in [5.74, 6) is 0. The Morgan fingerprint density at radius 2 is 2.00 bits per heavy atom. The van der Waals surface area contributed by atoms with E-state index < -0.39 is 19.5 Å². The Labute approximate surface area is 120 Å². The lowest BCUT2D eigenvalue weighted by Gasteiger charge is -2.23. The van der Waals surface area contributed by atoms with E-state index >= 15 is 0 Å². The molecule has 1 rings (SSSR count). The van der Waals surface area contributed by atoms with Gasteiger partial charge in [-0.1, -0.05) is 15.9 Å². The Balaban J connectivity index is 3.01. The summed E-state index contributed by atoms with van der Waals surface area (Å²) in [5, 5.41) is 13.7. The second-order valence-corrected chi connectivity index (χ2v) is 8.37. The second kappa shape index (κ2) is 5.46. The molecule has 6 nitrogen and oxygen atoms in total. The molecule has 0 unspecified atom stereocenters. The van der Waals surface area contributed by atoms with Crippen molar-refractivity contribution in [2.45, 2.75) is 18.6 Å². The highest BCUT2D eigenvalue weighted by Crippen LogP contribution is 2.28. The van der Waals surface area contributed by atoms with Crippen molar-refractivity contribution >= 4 is 37.1 Å². The minimum Gasteiger partial charge on any atom is -0.378 e. The third-order valence-corrected chi connectivity index (χ3v) is 5.51. The van der Waals surface area contributed by atoms with Gasteiger partial charge in [0.15, 0.2) is 9.84 Å². The largest absolute Gasteiger partial charge is 0.378 e. The number of hydrogen-bond acceptors (Lipinski definition) is 5. The standard InChI is InChI=1S/C11H15BrN2O4S/c1-11(2,19(3,17)18)7-13-9-6-8(12)4-5-10(9)14(15)16/h4-6,13H,7H2,1-3H3. The summed E-state index contributed by atoms with van der Waals surface area (Å²) in [6.07, 6.45) is 1.14. The maximum absolute atomic E-state index is 11.6. The molecule has 0 atom stereocenters. The smallest absolute Gasteiger partial charge is 0.292 e. The van der Waals surface area contributed by atoms with Crippen LogP contribution in [0.1, 0.15) is 13.8 Å². The first kappa shape index (κ1) is 15.9. The number of hydrogen-bond donors (Lipinski definition) is 1. The molecule has 1 aromatic rings. The molecule has 8 heteroatoms. The first-order valence-corrected chi connectivity index (χ1v) is 8.10. The third-order valence-electron chi connectivity index (χ3n) is 2.86. The maximum Gasteiger partial charge on any atom is 0.292 e. The monoisotopic (exact) mass is 350 g/mol.